The van der Waals surface area contributed by atoms with Gasteiger partial charge in [-0.1, -0.05) is 60.0 Å². The van der Waals surface area contributed by atoms with Gasteiger partial charge in [0.25, 0.3) is 0 Å². The highest BCUT2D eigenvalue weighted by atomic mass is 16.1. The maximum Gasteiger partial charge on any atom is 0.220 e. The van der Waals surface area contributed by atoms with E-state index in [0.717, 1.165) is 47.6 Å². The van der Waals surface area contributed by atoms with Crippen LogP contribution in [-0.4, -0.2) is 5.91 Å². The van der Waals surface area contributed by atoms with Gasteiger partial charge >= 0.3 is 0 Å². The molecule has 0 radical (unpaired) electrons. The van der Waals surface area contributed by atoms with Crippen molar-refractivity contribution in [3.63, 3.8) is 0 Å². The van der Waals surface area contributed by atoms with Crippen LogP contribution in [-0.2, 0) is 4.79 Å². The maximum atomic E-state index is 11.6. The summed E-state index contributed by atoms with van der Waals surface area (Å²) in [5, 5.41) is 3.07. The summed E-state index contributed by atoms with van der Waals surface area (Å²) >= 11 is 0. The minimum absolute atomic E-state index is 0.0667. The van der Waals surface area contributed by atoms with Crippen LogP contribution < -0.4 is 5.32 Å². The average molecular weight is 426 g/mol. The predicted molar refractivity (Wildman–Crippen MR) is 130 cm³/mol. The van der Waals surface area contributed by atoms with E-state index in [1.54, 1.807) is 6.92 Å². The summed E-state index contributed by atoms with van der Waals surface area (Å²) in [7, 11) is 0. The van der Waals surface area contributed by atoms with Crippen LogP contribution in [0.2, 0.25) is 0 Å². The van der Waals surface area contributed by atoms with E-state index in [-0.39, 0.29) is 5.91 Å². The molecule has 2 heteroatoms. The van der Waals surface area contributed by atoms with Crippen molar-refractivity contribution in [3.8, 4) is 0 Å². The molecule has 4 aliphatic rings. The second-order valence-corrected chi connectivity index (χ2v) is 12.6. The van der Waals surface area contributed by atoms with Gasteiger partial charge in [0.05, 0.1) is 0 Å². The number of nitrogens with one attached hydrogen (secondary N) is 1. The number of carbonyl (C=O) groups is 1. The molecule has 4 aliphatic carbocycles. The van der Waals surface area contributed by atoms with Crippen LogP contribution in [0.3, 0.4) is 0 Å². The van der Waals surface area contributed by atoms with Crippen LogP contribution in [0.25, 0.3) is 0 Å². The van der Waals surface area contributed by atoms with Gasteiger partial charge in [0.2, 0.25) is 5.91 Å². The lowest BCUT2D eigenvalue weighted by Crippen LogP contribution is -2.50. The Morgan fingerprint density at radius 1 is 1.10 bits per heavy atom. The van der Waals surface area contributed by atoms with Crippen molar-refractivity contribution in [2.45, 2.75) is 106 Å². The van der Waals surface area contributed by atoms with E-state index >= 15 is 0 Å². The molecule has 0 aromatic carbocycles. The molecule has 2 nitrogen and oxygen atoms in total. The molecule has 0 spiro atoms. The number of carbonyl (C=O) groups excluding carboxylic acids is 1. The van der Waals surface area contributed by atoms with E-state index in [4.69, 9.17) is 0 Å². The fourth-order valence-corrected chi connectivity index (χ4v) is 8.67. The molecule has 7 atom stereocenters. The summed E-state index contributed by atoms with van der Waals surface area (Å²) in [4.78, 5) is 11.6. The zero-order valence-electron chi connectivity index (χ0n) is 21.1. The van der Waals surface area contributed by atoms with Crippen LogP contribution >= 0.6 is 0 Å². The molecule has 174 valence electrons. The minimum Gasteiger partial charge on any atom is -0.330 e. The SMILES string of the molecule is CC(=O)NC1=CC2=CC[C@H]3[C@@H]4CC[C@H]([C@H](C)CCCC(C)C)[C@@]4(C)CC[C@@H]3[C@@]2(C)CC1. The fraction of sp³-hybridized carbons (Fsp3) is 0.828. The van der Waals surface area contributed by atoms with Crippen molar-refractivity contribution >= 4 is 5.91 Å². The molecular weight excluding hydrogens is 378 g/mol. The van der Waals surface area contributed by atoms with E-state index in [0.29, 0.717) is 10.8 Å². The van der Waals surface area contributed by atoms with E-state index in [1.807, 2.05) is 0 Å². The third kappa shape index (κ3) is 4.18. The third-order valence-electron chi connectivity index (χ3n) is 10.3. The van der Waals surface area contributed by atoms with Gasteiger partial charge in [0.15, 0.2) is 0 Å². The minimum atomic E-state index is 0.0667. The van der Waals surface area contributed by atoms with E-state index in [1.165, 1.54) is 63.4 Å². The Hall–Kier alpha value is -1.05. The number of amides is 1. The number of fused-ring (bicyclic) bond motifs is 5. The predicted octanol–water partition coefficient (Wildman–Crippen LogP) is 7.66. The summed E-state index contributed by atoms with van der Waals surface area (Å²) in [5.41, 5.74) is 3.52. The summed E-state index contributed by atoms with van der Waals surface area (Å²) in [5.74, 6) is 5.34. The number of allylic oxidation sites excluding steroid dienone is 4. The fourth-order valence-electron chi connectivity index (χ4n) is 8.67. The Labute approximate surface area is 191 Å². The molecule has 0 bridgehead atoms. The highest BCUT2D eigenvalue weighted by molar-refractivity contribution is 5.75. The van der Waals surface area contributed by atoms with Gasteiger partial charge < -0.3 is 5.32 Å². The summed E-state index contributed by atoms with van der Waals surface area (Å²) in [6, 6.07) is 0. The largest absolute Gasteiger partial charge is 0.330 e. The zero-order valence-corrected chi connectivity index (χ0v) is 21.1. The highest BCUT2D eigenvalue weighted by Gasteiger charge is 2.58. The summed E-state index contributed by atoms with van der Waals surface area (Å²) < 4.78 is 0. The monoisotopic (exact) mass is 425 g/mol. The maximum absolute atomic E-state index is 11.6. The lowest BCUT2D eigenvalue weighted by Gasteiger charge is -2.57. The van der Waals surface area contributed by atoms with Crippen molar-refractivity contribution in [3.05, 3.63) is 23.4 Å². The first-order valence-electron chi connectivity index (χ1n) is 13.3. The van der Waals surface area contributed by atoms with Gasteiger partial charge in [0, 0.05) is 12.6 Å². The van der Waals surface area contributed by atoms with Crippen LogP contribution in [0, 0.1) is 46.3 Å². The molecule has 0 aromatic heterocycles. The Kier molecular flexibility index (Phi) is 6.50. The number of rotatable bonds is 6. The Bertz CT molecular complexity index is 748. The number of hydrogen-bond donors (Lipinski definition) is 1. The number of hydrogen-bond acceptors (Lipinski definition) is 1. The molecule has 1 N–H and O–H groups in total. The first-order valence-corrected chi connectivity index (χ1v) is 13.3. The van der Waals surface area contributed by atoms with Crippen molar-refractivity contribution < 1.29 is 4.79 Å². The highest BCUT2D eigenvalue weighted by Crippen LogP contribution is 2.67. The molecule has 31 heavy (non-hydrogen) atoms. The normalized spacial score (nSPS) is 40.4. The lowest BCUT2D eigenvalue weighted by atomic mass is 9.47. The van der Waals surface area contributed by atoms with Crippen LogP contribution in [0.1, 0.15) is 106 Å². The Morgan fingerprint density at radius 2 is 1.87 bits per heavy atom. The summed E-state index contributed by atoms with van der Waals surface area (Å²) in [6.45, 7) is 14.2. The van der Waals surface area contributed by atoms with Gasteiger partial charge in [-0.2, -0.15) is 0 Å². The Balaban J connectivity index is 1.50. The molecule has 0 unspecified atom stereocenters. The quantitative estimate of drug-likeness (QED) is 0.465. The first kappa shape index (κ1) is 23.1. The van der Waals surface area contributed by atoms with Crippen LogP contribution in [0.15, 0.2) is 23.4 Å². The molecular formula is C29H47NO. The van der Waals surface area contributed by atoms with E-state index < -0.39 is 0 Å². The van der Waals surface area contributed by atoms with Gasteiger partial charge in [-0.05, 0) is 103 Å². The summed E-state index contributed by atoms with van der Waals surface area (Å²) in [6.07, 6.45) is 18.4. The van der Waals surface area contributed by atoms with Crippen molar-refractivity contribution in [2.24, 2.45) is 46.3 Å². The molecule has 2 saturated carbocycles. The lowest BCUT2D eigenvalue weighted by molar-refractivity contribution is -0.118. The molecule has 0 aromatic rings. The molecule has 4 rings (SSSR count). The second-order valence-electron chi connectivity index (χ2n) is 12.6. The first-order chi connectivity index (χ1) is 14.6. The van der Waals surface area contributed by atoms with Crippen molar-refractivity contribution in [2.75, 3.05) is 0 Å². The van der Waals surface area contributed by atoms with Crippen molar-refractivity contribution in [1.29, 1.82) is 0 Å². The Morgan fingerprint density at radius 3 is 2.58 bits per heavy atom. The topological polar surface area (TPSA) is 29.1 Å². The van der Waals surface area contributed by atoms with Gasteiger partial charge in [-0.3, -0.25) is 4.79 Å². The molecule has 0 aliphatic heterocycles. The van der Waals surface area contributed by atoms with Crippen molar-refractivity contribution in [1.82, 2.24) is 5.32 Å². The van der Waals surface area contributed by atoms with Crippen LogP contribution in [0.4, 0.5) is 0 Å². The molecule has 2 fully saturated rings. The second kappa shape index (κ2) is 8.71. The smallest absolute Gasteiger partial charge is 0.220 e. The standard InChI is InChI=1S/C29H47NO/c1-19(2)8-7-9-20(3)25-12-13-26-24-11-10-22-18-23(30-21(4)31)14-16-28(22,5)27(24)15-17-29(25,26)6/h10,18-20,24-27H,7-9,11-17H2,1-6H3,(H,30,31)/t20-,24+,25-,26+,27+,28+,29-/m1/s1. The van der Waals surface area contributed by atoms with Gasteiger partial charge in [-0.15, -0.1) is 0 Å². The van der Waals surface area contributed by atoms with Crippen LogP contribution in [0.5, 0.6) is 0 Å². The third-order valence-corrected chi connectivity index (χ3v) is 10.3. The van der Waals surface area contributed by atoms with E-state index in [2.05, 4.69) is 52.1 Å². The van der Waals surface area contributed by atoms with Gasteiger partial charge in [0.1, 0.15) is 0 Å². The van der Waals surface area contributed by atoms with E-state index in [9.17, 15) is 4.79 Å². The average Bonchev–Trinajstić information content (AvgIpc) is 3.05. The van der Waals surface area contributed by atoms with Gasteiger partial charge in [-0.25, -0.2) is 0 Å². The molecule has 0 saturated heterocycles. The molecule has 1 amide bonds. The zero-order chi connectivity index (χ0) is 22.4. The molecule has 0 heterocycles.